The number of aromatic carboxylic acids is 1. The van der Waals surface area contributed by atoms with Crippen molar-refractivity contribution >= 4 is 21.9 Å². The second-order valence-electron chi connectivity index (χ2n) is 5.05. The summed E-state index contributed by atoms with van der Waals surface area (Å²) < 4.78 is 27.5. The van der Waals surface area contributed by atoms with Gasteiger partial charge in [0.25, 0.3) is 0 Å². The molecule has 0 saturated carbocycles. The topological polar surface area (TPSA) is 131 Å². The Morgan fingerprint density at radius 1 is 1.45 bits per heavy atom. The van der Waals surface area contributed by atoms with Crippen molar-refractivity contribution in [3.63, 3.8) is 0 Å². The number of hydrogen-bond acceptors (Lipinski definition) is 4. The first-order valence-corrected chi connectivity index (χ1v) is 7.15. The van der Waals surface area contributed by atoms with Crippen molar-refractivity contribution in [1.29, 1.82) is 0 Å². The van der Waals surface area contributed by atoms with Gasteiger partial charge < -0.3 is 15.4 Å². The maximum Gasteiger partial charge on any atom is 0.352 e. The normalized spacial score (nSPS) is 12.3. The molecule has 0 aliphatic rings. The molecule has 1 heterocycles. The molecule has 0 radical (unpaired) electrons. The number of nitrogens with one attached hydrogen (secondary N) is 1. The monoisotopic (exact) mass is 303 g/mol. The minimum Gasteiger partial charge on any atom is -0.477 e. The molecule has 0 aliphatic heterocycles. The Hall–Kier alpha value is -1.87. The van der Waals surface area contributed by atoms with Crippen molar-refractivity contribution in [2.45, 2.75) is 18.7 Å². The van der Waals surface area contributed by atoms with E-state index in [1.54, 1.807) is 0 Å². The fraction of sp³-hybridized carbons (Fsp3) is 0.455. The number of aryl methyl sites for hydroxylation is 1. The summed E-state index contributed by atoms with van der Waals surface area (Å²) in [6.45, 7) is 2.83. The molecule has 0 atom stereocenters. The lowest BCUT2D eigenvalue weighted by Crippen LogP contribution is -2.42. The number of carbonyl (C=O) groups is 2. The van der Waals surface area contributed by atoms with Gasteiger partial charge in [-0.1, -0.05) is 0 Å². The number of carboxylic acids is 1. The number of hydrogen-bond donors (Lipinski definition) is 3. The predicted molar refractivity (Wildman–Crippen MR) is 70.5 cm³/mol. The molecule has 0 aromatic carbocycles. The SMILES string of the molecule is Cn1cc(S(=O)(=O)NCC(C)(C)C(N)=O)cc1C(=O)O. The number of primary amides is 1. The van der Waals surface area contributed by atoms with Crippen molar-refractivity contribution in [1.82, 2.24) is 9.29 Å². The van der Waals surface area contributed by atoms with Crippen LogP contribution in [0.3, 0.4) is 0 Å². The van der Waals surface area contributed by atoms with Crippen molar-refractivity contribution in [3.8, 4) is 0 Å². The number of rotatable bonds is 6. The zero-order valence-electron chi connectivity index (χ0n) is 11.4. The molecule has 0 spiro atoms. The van der Waals surface area contributed by atoms with E-state index in [4.69, 9.17) is 10.8 Å². The van der Waals surface area contributed by atoms with Gasteiger partial charge in [0.2, 0.25) is 15.9 Å². The van der Waals surface area contributed by atoms with Gasteiger partial charge >= 0.3 is 5.97 Å². The fourth-order valence-electron chi connectivity index (χ4n) is 1.34. The van der Waals surface area contributed by atoms with Crippen LogP contribution in [0, 0.1) is 5.41 Å². The van der Waals surface area contributed by atoms with Crippen LogP contribution in [0.25, 0.3) is 0 Å². The summed E-state index contributed by atoms with van der Waals surface area (Å²) in [7, 11) is -2.48. The molecule has 0 unspecified atom stereocenters. The smallest absolute Gasteiger partial charge is 0.352 e. The average Bonchev–Trinajstić information content (AvgIpc) is 2.70. The van der Waals surface area contributed by atoms with Gasteiger partial charge in [-0.05, 0) is 19.9 Å². The van der Waals surface area contributed by atoms with Gasteiger partial charge in [-0.3, -0.25) is 4.79 Å². The third-order valence-corrected chi connectivity index (χ3v) is 4.25. The van der Waals surface area contributed by atoms with Crippen LogP contribution in [0.15, 0.2) is 17.2 Å². The largest absolute Gasteiger partial charge is 0.477 e. The summed E-state index contributed by atoms with van der Waals surface area (Å²) in [6, 6.07) is 1.04. The van der Waals surface area contributed by atoms with E-state index >= 15 is 0 Å². The molecule has 4 N–H and O–H groups in total. The van der Waals surface area contributed by atoms with Crippen LogP contribution in [0.2, 0.25) is 0 Å². The highest BCUT2D eigenvalue weighted by molar-refractivity contribution is 7.89. The summed E-state index contributed by atoms with van der Waals surface area (Å²) in [4.78, 5) is 21.8. The van der Waals surface area contributed by atoms with Crippen LogP contribution < -0.4 is 10.5 Å². The van der Waals surface area contributed by atoms with Crippen molar-refractivity contribution < 1.29 is 23.1 Å². The minimum absolute atomic E-state index is 0.153. The molecule has 8 nitrogen and oxygen atoms in total. The van der Waals surface area contributed by atoms with Crippen molar-refractivity contribution in [3.05, 3.63) is 18.0 Å². The summed E-state index contributed by atoms with van der Waals surface area (Å²) >= 11 is 0. The second kappa shape index (κ2) is 5.25. The van der Waals surface area contributed by atoms with E-state index in [0.29, 0.717) is 0 Å². The number of carboxylic acid groups (broad SMARTS) is 1. The Bertz CT molecular complexity index is 645. The van der Waals surface area contributed by atoms with Gasteiger partial charge in [0.1, 0.15) is 10.6 Å². The first-order chi connectivity index (χ1) is 8.97. The molecule has 112 valence electrons. The Balaban J connectivity index is 2.98. The molecule has 1 rings (SSSR count). The standard InChI is InChI=1S/C11H17N3O5S/c1-11(2,10(12)17)6-13-20(18,19)7-4-8(9(15)16)14(3)5-7/h4-5,13H,6H2,1-3H3,(H2,12,17)(H,15,16). The van der Waals surface area contributed by atoms with Gasteiger partial charge in [-0.25, -0.2) is 17.9 Å². The molecule has 1 aromatic rings. The number of carbonyl (C=O) groups excluding carboxylic acids is 1. The zero-order chi connectivity index (χ0) is 15.7. The highest BCUT2D eigenvalue weighted by Gasteiger charge is 2.28. The molecule has 20 heavy (non-hydrogen) atoms. The molecule has 0 bridgehead atoms. The first-order valence-electron chi connectivity index (χ1n) is 5.66. The Morgan fingerprint density at radius 2 is 2.00 bits per heavy atom. The second-order valence-corrected chi connectivity index (χ2v) is 6.82. The number of aromatic nitrogens is 1. The summed E-state index contributed by atoms with van der Waals surface area (Å²) in [5.74, 6) is -1.87. The van der Waals surface area contributed by atoms with E-state index in [2.05, 4.69) is 4.72 Å². The minimum atomic E-state index is -3.90. The Morgan fingerprint density at radius 3 is 2.40 bits per heavy atom. The van der Waals surface area contributed by atoms with E-state index in [0.717, 1.165) is 6.07 Å². The molecule has 1 amide bonds. The fourth-order valence-corrected chi connectivity index (χ4v) is 2.62. The molecule has 9 heteroatoms. The van der Waals surface area contributed by atoms with Crippen LogP contribution in [0.5, 0.6) is 0 Å². The zero-order valence-corrected chi connectivity index (χ0v) is 12.2. The number of sulfonamides is 1. The summed E-state index contributed by atoms with van der Waals surface area (Å²) in [5.41, 5.74) is 3.95. The number of amides is 1. The van der Waals surface area contributed by atoms with Gasteiger partial charge in [-0.15, -0.1) is 0 Å². The van der Waals surface area contributed by atoms with Crippen LogP contribution >= 0.6 is 0 Å². The maximum atomic E-state index is 12.0. The van der Waals surface area contributed by atoms with Gasteiger partial charge in [-0.2, -0.15) is 0 Å². The van der Waals surface area contributed by atoms with Gasteiger partial charge in [0, 0.05) is 19.8 Å². The van der Waals surface area contributed by atoms with Crippen LogP contribution in [-0.4, -0.2) is 36.5 Å². The Labute approximate surface area is 116 Å². The lowest BCUT2D eigenvalue weighted by molar-refractivity contribution is -0.125. The summed E-state index contributed by atoms with van der Waals surface area (Å²) in [5, 5.41) is 8.88. The number of nitrogens with zero attached hydrogens (tertiary/aromatic N) is 1. The van der Waals surface area contributed by atoms with Crippen molar-refractivity contribution in [2.24, 2.45) is 18.2 Å². The molecule has 0 saturated heterocycles. The van der Waals surface area contributed by atoms with E-state index in [1.165, 1.54) is 31.7 Å². The molecule has 1 aromatic heterocycles. The van der Waals surface area contributed by atoms with Crippen LogP contribution in [0.4, 0.5) is 0 Å². The molecule has 0 fully saturated rings. The maximum absolute atomic E-state index is 12.0. The first kappa shape index (κ1) is 16.2. The predicted octanol–water partition coefficient (Wildman–Crippen LogP) is -0.487. The Kier molecular flexibility index (Phi) is 4.25. The lowest BCUT2D eigenvalue weighted by atomic mass is 9.93. The van der Waals surface area contributed by atoms with E-state index in [1.807, 2.05) is 0 Å². The molecule has 0 aliphatic carbocycles. The quantitative estimate of drug-likeness (QED) is 0.652. The van der Waals surface area contributed by atoms with Crippen LogP contribution in [-0.2, 0) is 21.9 Å². The average molecular weight is 303 g/mol. The van der Waals surface area contributed by atoms with Gasteiger partial charge in [0.05, 0.1) is 5.41 Å². The van der Waals surface area contributed by atoms with Gasteiger partial charge in [0.15, 0.2) is 0 Å². The van der Waals surface area contributed by atoms with E-state index in [9.17, 15) is 18.0 Å². The molecular formula is C11H17N3O5S. The highest BCUT2D eigenvalue weighted by atomic mass is 32.2. The molecular weight excluding hydrogens is 286 g/mol. The lowest BCUT2D eigenvalue weighted by Gasteiger charge is -2.20. The third-order valence-electron chi connectivity index (χ3n) is 2.88. The third kappa shape index (κ3) is 3.36. The van der Waals surface area contributed by atoms with E-state index in [-0.39, 0.29) is 17.1 Å². The van der Waals surface area contributed by atoms with Crippen LogP contribution in [0.1, 0.15) is 24.3 Å². The highest BCUT2D eigenvalue weighted by Crippen LogP contribution is 2.17. The van der Waals surface area contributed by atoms with Crippen molar-refractivity contribution in [2.75, 3.05) is 6.54 Å². The van der Waals surface area contributed by atoms with E-state index < -0.39 is 27.3 Å². The number of nitrogens with two attached hydrogens (primary N) is 1. The summed E-state index contributed by atoms with van der Waals surface area (Å²) in [6.07, 6.45) is 1.18.